The average molecular weight is 162 g/mol. The Hall–Kier alpha value is 0.427. The summed E-state index contributed by atoms with van der Waals surface area (Å²) in [6, 6.07) is 0. The van der Waals surface area contributed by atoms with Crippen molar-refractivity contribution in [1.82, 2.24) is 0 Å². The van der Waals surface area contributed by atoms with Crippen molar-refractivity contribution in [2.24, 2.45) is 0 Å². The Morgan fingerprint density at radius 1 is 1.50 bits per heavy atom. The molecule has 5 nitrogen and oxygen atoms in total. The third-order valence-corrected chi connectivity index (χ3v) is 1.09. The Balaban J connectivity index is 0. The zero-order chi connectivity index (χ0) is 7.49. The fourth-order valence-corrected chi connectivity index (χ4v) is 0.616. The monoisotopic (exact) mass is 162 g/mol. The van der Waals surface area contributed by atoms with Crippen LogP contribution in [0.4, 0.5) is 0 Å². The number of methoxy groups -OCH3 is 1. The molecule has 0 fully saturated rings. The van der Waals surface area contributed by atoms with Crippen molar-refractivity contribution in [3.63, 3.8) is 0 Å². The van der Waals surface area contributed by atoms with Gasteiger partial charge in [0.05, 0.1) is 0 Å². The Bertz CT molecular complexity index is 164. The van der Waals surface area contributed by atoms with Crippen molar-refractivity contribution in [3.8, 4) is 0 Å². The topological polar surface area (TPSA) is 75.7 Å². The molecular formula is C3H7LiO5S. The molecule has 0 aliphatic rings. The van der Waals surface area contributed by atoms with Crippen LogP contribution in [0.15, 0.2) is 0 Å². The van der Waals surface area contributed by atoms with E-state index in [0.717, 1.165) is 0 Å². The molecular weight excluding hydrogens is 155 g/mol. The fourth-order valence-electron chi connectivity index (χ4n) is 0.205. The molecule has 0 rings (SSSR count). The molecule has 0 aromatic heterocycles. The predicted octanol–water partition coefficient (Wildman–Crippen LogP) is -3.54. The SMILES string of the molecule is COC(C)OS(=O)(=O)[O-].[Li+]. The maximum absolute atomic E-state index is 9.74. The molecule has 0 aromatic carbocycles. The average Bonchev–Trinajstić information content (AvgIpc) is 1.62. The van der Waals surface area contributed by atoms with E-state index in [4.69, 9.17) is 0 Å². The predicted molar refractivity (Wildman–Crippen MR) is 27.3 cm³/mol. The first-order valence-corrected chi connectivity index (χ1v) is 3.46. The van der Waals surface area contributed by atoms with Gasteiger partial charge in [0.1, 0.15) is 0 Å². The quantitative estimate of drug-likeness (QED) is 0.186. The fraction of sp³-hybridized carbons (Fsp3) is 1.00. The van der Waals surface area contributed by atoms with Gasteiger partial charge in [-0.1, -0.05) is 0 Å². The van der Waals surface area contributed by atoms with E-state index in [1.165, 1.54) is 14.0 Å². The van der Waals surface area contributed by atoms with Crippen LogP contribution in [0.3, 0.4) is 0 Å². The molecule has 0 heterocycles. The van der Waals surface area contributed by atoms with Crippen LogP contribution in [-0.4, -0.2) is 26.4 Å². The maximum atomic E-state index is 9.74. The molecule has 0 aliphatic carbocycles. The second-order valence-electron chi connectivity index (χ2n) is 1.31. The molecule has 1 unspecified atom stereocenters. The zero-order valence-electron chi connectivity index (χ0n) is 6.03. The van der Waals surface area contributed by atoms with Gasteiger partial charge in [-0.2, -0.15) is 0 Å². The molecule has 0 amide bonds. The molecule has 7 heteroatoms. The first kappa shape index (κ1) is 13.0. The van der Waals surface area contributed by atoms with Gasteiger partial charge in [-0.15, -0.1) is 0 Å². The minimum Gasteiger partial charge on any atom is -0.725 e. The maximum Gasteiger partial charge on any atom is 1.00 e. The van der Waals surface area contributed by atoms with Gasteiger partial charge in [-0.05, 0) is 6.92 Å². The first-order valence-electron chi connectivity index (χ1n) is 2.12. The number of rotatable bonds is 3. The second kappa shape index (κ2) is 5.13. The molecule has 0 bridgehead atoms. The molecule has 1 atom stereocenters. The van der Waals surface area contributed by atoms with Crippen molar-refractivity contribution in [2.75, 3.05) is 7.11 Å². The van der Waals surface area contributed by atoms with Gasteiger partial charge in [0, 0.05) is 7.11 Å². The van der Waals surface area contributed by atoms with Crippen molar-refractivity contribution in [1.29, 1.82) is 0 Å². The van der Waals surface area contributed by atoms with Crippen LogP contribution < -0.4 is 18.9 Å². The molecule has 10 heavy (non-hydrogen) atoms. The molecule has 0 aromatic rings. The summed E-state index contributed by atoms with van der Waals surface area (Å²) in [6.07, 6.45) is -1.01. The Labute approximate surface area is 71.8 Å². The summed E-state index contributed by atoms with van der Waals surface area (Å²) in [6.45, 7) is 1.30. The van der Waals surface area contributed by atoms with Crippen LogP contribution >= 0.6 is 0 Å². The van der Waals surface area contributed by atoms with Gasteiger partial charge < -0.3 is 9.29 Å². The van der Waals surface area contributed by atoms with E-state index in [1.807, 2.05) is 0 Å². The van der Waals surface area contributed by atoms with Crippen LogP contribution in [0.5, 0.6) is 0 Å². The largest absolute Gasteiger partial charge is 1.00 e. The van der Waals surface area contributed by atoms with Crippen LogP contribution in [-0.2, 0) is 19.3 Å². The summed E-state index contributed by atoms with van der Waals surface area (Å²) in [5.41, 5.74) is 0. The Kier molecular flexibility index (Phi) is 6.69. The minimum absolute atomic E-state index is 0. The van der Waals surface area contributed by atoms with Gasteiger partial charge >= 0.3 is 18.9 Å². The van der Waals surface area contributed by atoms with Crippen molar-refractivity contribution in [2.45, 2.75) is 13.2 Å². The third-order valence-electron chi connectivity index (χ3n) is 0.585. The molecule has 0 spiro atoms. The summed E-state index contributed by atoms with van der Waals surface area (Å²) in [5.74, 6) is 0. The van der Waals surface area contributed by atoms with Crippen LogP contribution in [0.2, 0.25) is 0 Å². The molecule has 0 aliphatic heterocycles. The normalized spacial score (nSPS) is 13.9. The summed E-state index contributed by atoms with van der Waals surface area (Å²) < 4.78 is 37.3. The summed E-state index contributed by atoms with van der Waals surface area (Å²) in [5, 5.41) is 0. The Morgan fingerprint density at radius 3 is 2.00 bits per heavy atom. The molecule has 0 saturated carbocycles. The van der Waals surface area contributed by atoms with E-state index >= 15 is 0 Å². The summed E-state index contributed by atoms with van der Waals surface area (Å²) in [7, 11) is -3.38. The van der Waals surface area contributed by atoms with Crippen molar-refractivity contribution >= 4 is 10.4 Å². The molecule has 0 N–H and O–H groups in total. The van der Waals surface area contributed by atoms with Crippen LogP contribution in [0, 0.1) is 0 Å². The van der Waals surface area contributed by atoms with E-state index < -0.39 is 16.7 Å². The van der Waals surface area contributed by atoms with E-state index in [-0.39, 0.29) is 18.9 Å². The molecule has 56 valence electrons. The first-order chi connectivity index (χ1) is 3.95. The van der Waals surface area contributed by atoms with Crippen molar-refractivity contribution in [3.05, 3.63) is 0 Å². The number of hydrogen-bond donors (Lipinski definition) is 0. The van der Waals surface area contributed by atoms with Gasteiger partial charge in [0.2, 0.25) is 10.4 Å². The van der Waals surface area contributed by atoms with E-state index in [1.54, 1.807) is 0 Å². The van der Waals surface area contributed by atoms with Gasteiger partial charge in [-0.3, -0.25) is 0 Å². The third kappa shape index (κ3) is 8.43. The van der Waals surface area contributed by atoms with Gasteiger partial charge in [0.25, 0.3) is 0 Å². The van der Waals surface area contributed by atoms with E-state index in [0.29, 0.717) is 0 Å². The van der Waals surface area contributed by atoms with Crippen LogP contribution in [0.1, 0.15) is 6.92 Å². The molecule has 0 radical (unpaired) electrons. The smallest absolute Gasteiger partial charge is 0.725 e. The van der Waals surface area contributed by atoms with E-state index in [2.05, 4.69) is 8.92 Å². The van der Waals surface area contributed by atoms with Crippen molar-refractivity contribution < 1.29 is 40.8 Å². The van der Waals surface area contributed by atoms with Gasteiger partial charge in [0.15, 0.2) is 6.29 Å². The number of ether oxygens (including phenoxy) is 1. The van der Waals surface area contributed by atoms with Crippen LogP contribution in [0.25, 0.3) is 0 Å². The number of hydrogen-bond acceptors (Lipinski definition) is 5. The second-order valence-corrected chi connectivity index (χ2v) is 2.32. The van der Waals surface area contributed by atoms with E-state index in [9.17, 15) is 13.0 Å². The Morgan fingerprint density at radius 2 is 1.90 bits per heavy atom. The molecule has 0 saturated heterocycles. The van der Waals surface area contributed by atoms with Gasteiger partial charge in [-0.25, -0.2) is 12.6 Å². The summed E-state index contributed by atoms with van der Waals surface area (Å²) >= 11 is 0. The minimum atomic E-state index is -4.61. The standard InChI is InChI=1S/C3H8O5S.Li/c1-3(7-2)8-9(4,5)6;/h3H,1-2H3,(H,4,5,6);/q;+1/p-1. The zero-order valence-corrected chi connectivity index (χ0v) is 6.84. The summed E-state index contributed by atoms with van der Waals surface area (Å²) in [4.78, 5) is 0.